The Morgan fingerprint density at radius 1 is 1.00 bits per heavy atom. The maximum absolute atomic E-state index is 11.3. The zero-order chi connectivity index (χ0) is 16.2. The lowest BCUT2D eigenvalue weighted by atomic mass is 10.1. The molecule has 2 N–H and O–H groups in total. The van der Waals surface area contributed by atoms with E-state index in [1.165, 1.54) is 64.2 Å². The topological polar surface area (TPSA) is 47.0 Å². The molecule has 0 spiro atoms. The number of amides is 1. The number of rotatable bonds is 12. The number of unbranched alkanes of at least 4 members (excludes halogenated alkanes) is 9. The first kappa shape index (κ1) is 18.7. The van der Waals surface area contributed by atoms with Crippen LogP contribution in [0.3, 0.4) is 0 Å². The van der Waals surface area contributed by atoms with Crippen molar-refractivity contribution in [1.29, 1.82) is 0 Å². The first-order valence-electron chi connectivity index (χ1n) is 8.95. The summed E-state index contributed by atoms with van der Waals surface area (Å²) in [7, 11) is 0. The van der Waals surface area contributed by atoms with E-state index in [0.29, 0.717) is 5.56 Å². The molecule has 0 aliphatic carbocycles. The summed E-state index contributed by atoms with van der Waals surface area (Å²) in [5, 5.41) is 0. The third-order valence-electron chi connectivity index (χ3n) is 4.37. The molecule has 1 amide bonds. The van der Waals surface area contributed by atoms with Crippen molar-refractivity contribution in [2.24, 2.45) is 5.73 Å². The summed E-state index contributed by atoms with van der Waals surface area (Å²) in [5.74, 6) is -0.338. The predicted molar refractivity (Wildman–Crippen MR) is 91.7 cm³/mol. The van der Waals surface area contributed by atoms with Crippen molar-refractivity contribution in [3.63, 3.8) is 0 Å². The van der Waals surface area contributed by atoms with Crippen LogP contribution in [0.2, 0.25) is 0 Å². The number of nitrogens with zero attached hydrogens (tertiary/aromatic N) is 1. The van der Waals surface area contributed by atoms with E-state index < -0.39 is 0 Å². The smallest absolute Gasteiger partial charge is 0.255 e. The Kier molecular flexibility index (Phi) is 9.52. The van der Waals surface area contributed by atoms with Crippen LogP contribution in [0.25, 0.3) is 0 Å². The molecule has 0 saturated carbocycles. The Hall–Kier alpha value is -1.38. The number of carbonyl (C=O) groups is 1. The molecule has 124 valence electrons. The SMILES string of the molecule is CCCCCCCCCCCC[n+]1cccc(C(N)=O)c1C. The van der Waals surface area contributed by atoms with Crippen LogP contribution < -0.4 is 10.3 Å². The van der Waals surface area contributed by atoms with Gasteiger partial charge in [0.15, 0.2) is 11.9 Å². The Labute approximate surface area is 135 Å². The monoisotopic (exact) mass is 305 g/mol. The fourth-order valence-corrected chi connectivity index (χ4v) is 2.90. The zero-order valence-corrected chi connectivity index (χ0v) is 14.4. The van der Waals surface area contributed by atoms with Crippen LogP contribution >= 0.6 is 0 Å². The second kappa shape index (κ2) is 11.2. The Morgan fingerprint density at radius 2 is 1.55 bits per heavy atom. The summed E-state index contributed by atoms with van der Waals surface area (Å²) in [6, 6.07) is 3.70. The van der Waals surface area contributed by atoms with Crippen molar-refractivity contribution >= 4 is 5.91 Å². The second-order valence-electron chi connectivity index (χ2n) is 6.25. The molecule has 22 heavy (non-hydrogen) atoms. The van der Waals surface area contributed by atoms with Gasteiger partial charge in [-0.3, -0.25) is 4.79 Å². The number of primary amides is 1. The standard InChI is InChI=1S/C19H32N2O/c1-3-4-5-6-7-8-9-10-11-12-15-21-16-13-14-18(17(21)2)19(20)22/h13-14,16H,3-12,15H2,1-2H3,(H-,20,22)/p+1. The minimum absolute atomic E-state index is 0.338. The number of hydrogen-bond donors (Lipinski definition) is 1. The third kappa shape index (κ3) is 7.06. The van der Waals surface area contributed by atoms with Crippen molar-refractivity contribution in [3.8, 4) is 0 Å². The quantitative estimate of drug-likeness (QED) is 0.454. The summed E-state index contributed by atoms with van der Waals surface area (Å²) < 4.78 is 2.14. The molecule has 0 aliphatic heterocycles. The van der Waals surface area contributed by atoms with E-state index >= 15 is 0 Å². The van der Waals surface area contributed by atoms with Crippen LogP contribution in [0, 0.1) is 6.92 Å². The van der Waals surface area contributed by atoms with E-state index in [1.54, 1.807) is 6.07 Å². The van der Waals surface area contributed by atoms with Gasteiger partial charge in [0.25, 0.3) is 5.91 Å². The van der Waals surface area contributed by atoms with Gasteiger partial charge in [-0.2, -0.15) is 0 Å². The Morgan fingerprint density at radius 3 is 2.09 bits per heavy atom. The minimum Gasteiger partial charge on any atom is -0.365 e. The maximum atomic E-state index is 11.3. The molecule has 0 radical (unpaired) electrons. The first-order chi connectivity index (χ1) is 10.7. The number of aromatic nitrogens is 1. The summed E-state index contributed by atoms with van der Waals surface area (Å²) in [4.78, 5) is 11.3. The fourth-order valence-electron chi connectivity index (χ4n) is 2.90. The van der Waals surface area contributed by atoms with E-state index in [2.05, 4.69) is 11.5 Å². The molecule has 0 fully saturated rings. The van der Waals surface area contributed by atoms with Gasteiger partial charge < -0.3 is 5.73 Å². The van der Waals surface area contributed by atoms with Crippen molar-refractivity contribution in [3.05, 3.63) is 29.6 Å². The Balaban J connectivity index is 2.13. The van der Waals surface area contributed by atoms with E-state index in [4.69, 9.17) is 5.73 Å². The first-order valence-corrected chi connectivity index (χ1v) is 8.95. The predicted octanol–water partition coefficient (Wildman–Crippen LogP) is 4.30. The molecule has 0 unspecified atom stereocenters. The molecule has 0 atom stereocenters. The highest BCUT2D eigenvalue weighted by molar-refractivity contribution is 5.93. The number of pyridine rings is 1. The minimum atomic E-state index is -0.338. The van der Waals surface area contributed by atoms with Crippen molar-refractivity contribution in [2.75, 3.05) is 0 Å². The molecule has 3 heteroatoms. The van der Waals surface area contributed by atoms with Gasteiger partial charge in [0, 0.05) is 19.4 Å². The van der Waals surface area contributed by atoms with Crippen molar-refractivity contribution in [2.45, 2.75) is 84.6 Å². The summed E-state index contributed by atoms with van der Waals surface area (Å²) >= 11 is 0. The number of carbonyl (C=O) groups excluding carboxylic acids is 1. The number of aryl methyl sites for hydroxylation is 1. The normalized spacial score (nSPS) is 10.8. The van der Waals surface area contributed by atoms with Gasteiger partial charge >= 0.3 is 0 Å². The van der Waals surface area contributed by atoms with Gasteiger partial charge in [-0.1, -0.05) is 58.3 Å². The van der Waals surface area contributed by atoms with Crippen LogP contribution in [0.15, 0.2) is 18.3 Å². The molecular weight excluding hydrogens is 272 g/mol. The molecule has 0 saturated heterocycles. The number of hydrogen-bond acceptors (Lipinski definition) is 1. The van der Waals surface area contributed by atoms with E-state index in [0.717, 1.165) is 12.2 Å². The highest BCUT2D eigenvalue weighted by atomic mass is 16.1. The van der Waals surface area contributed by atoms with Gasteiger partial charge in [0.05, 0.1) is 0 Å². The van der Waals surface area contributed by atoms with Gasteiger partial charge in [0.1, 0.15) is 12.1 Å². The largest absolute Gasteiger partial charge is 0.365 e. The highest BCUT2D eigenvalue weighted by Crippen LogP contribution is 2.10. The highest BCUT2D eigenvalue weighted by Gasteiger charge is 2.14. The Bertz CT molecular complexity index is 443. The molecule has 3 nitrogen and oxygen atoms in total. The van der Waals surface area contributed by atoms with Crippen LogP contribution in [-0.2, 0) is 6.54 Å². The molecule has 0 aromatic carbocycles. The molecule has 0 aliphatic rings. The van der Waals surface area contributed by atoms with Crippen LogP contribution in [-0.4, -0.2) is 5.91 Å². The second-order valence-corrected chi connectivity index (χ2v) is 6.25. The van der Waals surface area contributed by atoms with Gasteiger partial charge in [-0.05, 0) is 12.5 Å². The van der Waals surface area contributed by atoms with Crippen LogP contribution in [0.5, 0.6) is 0 Å². The lowest BCUT2D eigenvalue weighted by Gasteiger charge is -2.04. The average Bonchev–Trinajstić information content (AvgIpc) is 2.50. The van der Waals surface area contributed by atoms with E-state index in [-0.39, 0.29) is 5.91 Å². The van der Waals surface area contributed by atoms with Crippen molar-refractivity contribution in [1.82, 2.24) is 0 Å². The van der Waals surface area contributed by atoms with Gasteiger partial charge in [0.2, 0.25) is 0 Å². The lowest BCUT2D eigenvalue weighted by molar-refractivity contribution is -0.703. The fraction of sp³-hybridized carbons (Fsp3) is 0.684. The van der Waals surface area contributed by atoms with E-state index in [9.17, 15) is 4.79 Å². The average molecular weight is 305 g/mol. The van der Waals surface area contributed by atoms with Gasteiger partial charge in [-0.15, -0.1) is 0 Å². The van der Waals surface area contributed by atoms with Crippen molar-refractivity contribution < 1.29 is 9.36 Å². The maximum Gasteiger partial charge on any atom is 0.255 e. The third-order valence-corrected chi connectivity index (χ3v) is 4.37. The summed E-state index contributed by atoms with van der Waals surface area (Å²) in [5.41, 5.74) is 7.00. The molecular formula is C19H33N2O+. The lowest BCUT2D eigenvalue weighted by Crippen LogP contribution is -2.39. The van der Waals surface area contributed by atoms with Gasteiger partial charge in [-0.25, -0.2) is 4.57 Å². The molecule has 1 rings (SSSR count). The summed E-state index contributed by atoms with van der Waals surface area (Å²) in [6.45, 7) is 5.21. The number of nitrogens with two attached hydrogens (primary N) is 1. The molecule has 1 heterocycles. The van der Waals surface area contributed by atoms with Crippen LogP contribution in [0.4, 0.5) is 0 Å². The van der Waals surface area contributed by atoms with E-state index in [1.807, 2.05) is 19.2 Å². The zero-order valence-electron chi connectivity index (χ0n) is 14.4. The molecule has 0 bridgehead atoms. The molecule has 1 aromatic heterocycles. The van der Waals surface area contributed by atoms with Crippen LogP contribution in [0.1, 0.15) is 87.2 Å². The molecule has 1 aromatic rings. The summed E-state index contributed by atoms with van der Waals surface area (Å²) in [6.07, 6.45) is 15.5.